The van der Waals surface area contributed by atoms with Crippen molar-refractivity contribution in [2.75, 3.05) is 18.1 Å². The second-order valence-corrected chi connectivity index (χ2v) is 6.59. The first kappa shape index (κ1) is 15.8. The van der Waals surface area contributed by atoms with Crippen molar-refractivity contribution in [3.63, 3.8) is 0 Å². The zero-order valence-electron chi connectivity index (χ0n) is 14.6. The van der Waals surface area contributed by atoms with Gasteiger partial charge in [0.25, 0.3) is 0 Å². The van der Waals surface area contributed by atoms with Crippen LogP contribution in [0.2, 0.25) is 0 Å². The Morgan fingerprint density at radius 2 is 1.88 bits per heavy atom. The van der Waals surface area contributed by atoms with Crippen LogP contribution in [0.4, 0.5) is 5.69 Å². The van der Waals surface area contributed by atoms with Gasteiger partial charge in [-0.05, 0) is 37.1 Å². The zero-order chi connectivity index (χ0) is 17.2. The molecule has 1 aromatic heterocycles. The lowest BCUT2D eigenvalue weighted by Crippen LogP contribution is -2.23. The second-order valence-electron chi connectivity index (χ2n) is 6.59. The first-order chi connectivity index (χ1) is 12.2. The fourth-order valence-corrected chi connectivity index (χ4v) is 3.29. The predicted octanol–water partition coefficient (Wildman–Crippen LogP) is 3.48. The molecule has 3 aromatic rings. The molecule has 0 bridgehead atoms. The molecule has 5 nitrogen and oxygen atoms in total. The van der Waals surface area contributed by atoms with E-state index in [1.807, 2.05) is 10.9 Å². The van der Waals surface area contributed by atoms with Gasteiger partial charge in [-0.15, -0.1) is 5.10 Å². The van der Waals surface area contributed by atoms with E-state index in [9.17, 15) is 0 Å². The van der Waals surface area contributed by atoms with E-state index in [4.69, 9.17) is 4.74 Å². The predicted molar refractivity (Wildman–Crippen MR) is 97.5 cm³/mol. The van der Waals surface area contributed by atoms with Gasteiger partial charge in [0.2, 0.25) is 0 Å². The first-order valence-electron chi connectivity index (χ1n) is 8.59. The van der Waals surface area contributed by atoms with Gasteiger partial charge in [-0.25, -0.2) is 4.68 Å². The van der Waals surface area contributed by atoms with Crippen LogP contribution in [0.15, 0.2) is 54.7 Å². The van der Waals surface area contributed by atoms with E-state index < -0.39 is 0 Å². The van der Waals surface area contributed by atoms with E-state index in [0.29, 0.717) is 13.2 Å². The van der Waals surface area contributed by atoms with Gasteiger partial charge in [0.1, 0.15) is 5.69 Å². The summed E-state index contributed by atoms with van der Waals surface area (Å²) < 4.78 is 7.81. The van der Waals surface area contributed by atoms with Crippen LogP contribution in [0.3, 0.4) is 0 Å². The maximum Gasteiger partial charge on any atom is 0.177 e. The Morgan fingerprint density at radius 1 is 1.08 bits per heavy atom. The van der Waals surface area contributed by atoms with Crippen molar-refractivity contribution in [2.45, 2.75) is 26.6 Å². The molecule has 1 atom stereocenters. The van der Waals surface area contributed by atoms with E-state index >= 15 is 0 Å². The smallest absolute Gasteiger partial charge is 0.177 e. The van der Waals surface area contributed by atoms with Gasteiger partial charge in [0.15, 0.2) is 6.23 Å². The van der Waals surface area contributed by atoms with Crippen LogP contribution < -0.4 is 4.90 Å². The Kier molecular flexibility index (Phi) is 4.24. The third kappa shape index (κ3) is 3.42. The van der Waals surface area contributed by atoms with Gasteiger partial charge >= 0.3 is 0 Å². The summed E-state index contributed by atoms with van der Waals surface area (Å²) in [6, 6.07) is 16.9. The maximum absolute atomic E-state index is 5.94. The molecular weight excluding hydrogens is 312 g/mol. The van der Waals surface area contributed by atoms with E-state index in [-0.39, 0.29) is 6.23 Å². The van der Waals surface area contributed by atoms with Crippen molar-refractivity contribution in [3.05, 3.63) is 77.1 Å². The van der Waals surface area contributed by atoms with Crippen molar-refractivity contribution in [3.8, 4) is 0 Å². The van der Waals surface area contributed by atoms with Crippen LogP contribution >= 0.6 is 0 Å². The Bertz CT molecular complexity index is 873. The average Bonchev–Trinajstić information content (AvgIpc) is 3.23. The second kappa shape index (κ2) is 6.69. The Labute approximate surface area is 147 Å². The molecule has 1 saturated heterocycles. The molecule has 2 aromatic carbocycles. The highest BCUT2D eigenvalue weighted by atomic mass is 16.5. The van der Waals surface area contributed by atoms with Gasteiger partial charge in [0, 0.05) is 12.2 Å². The topological polar surface area (TPSA) is 43.2 Å². The highest BCUT2D eigenvalue weighted by Crippen LogP contribution is 2.31. The Hall–Kier alpha value is -2.66. The Morgan fingerprint density at radius 3 is 2.68 bits per heavy atom. The molecule has 0 saturated carbocycles. The number of aryl methyl sites for hydroxylation is 2. The van der Waals surface area contributed by atoms with Crippen LogP contribution in [0.1, 0.15) is 28.6 Å². The highest BCUT2D eigenvalue weighted by molar-refractivity contribution is 5.50. The minimum atomic E-state index is -0.173. The third-order valence-corrected chi connectivity index (χ3v) is 4.46. The number of hydrogen-bond donors (Lipinski definition) is 0. The molecular formula is C20H22N4O. The normalized spacial score (nSPS) is 17.2. The summed E-state index contributed by atoms with van der Waals surface area (Å²) in [5.74, 6) is 0. The minimum Gasteiger partial charge on any atom is -0.350 e. The number of anilines is 1. The van der Waals surface area contributed by atoms with Crippen molar-refractivity contribution in [2.24, 2.45) is 0 Å². The largest absolute Gasteiger partial charge is 0.350 e. The summed E-state index contributed by atoms with van der Waals surface area (Å²) in [7, 11) is 0. The first-order valence-corrected chi connectivity index (χ1v) is 8.59. The summed E-state index contributed by atoms with van der Waals surface area (Å²) in [5, 5.41) is 8.65. The molecule has 0 N–H and O–H groups in total. The molecule has 128 valence electrons. The molecule has 0 unspecified atom stereocenters. The molecule has 1 fully saturated rings. The molecule has 0 aliphatic carbocycles. The third-order valence-electron chi connectivity index (χ3n) is 4.46. The number of hydrogen-bond acceptors (Lipinski definition) is 4. The maximum atomic E-state index is 5.94. The molecule has 0 spiro atoms. The molecule has 5 heteroatoms. The molecule has 4 rings (SSSR count). The lowest BCUT2D eigenvalue weighted by molar-refractivity contribution is 0.110. The highest BCUT2D eigenvalue weighted by Gasteiger charge is 2.29. The summed E-state index contributed by atoms with van der Waals surface area (Å²) in [4.78, 5) is 2.24. The van der Waals surface area contributed by atoms with Crippen LogP contribution in [0.5, 0.6) is 0 Å². The van der Waals surface area contributed by atoms with E-state index in [1.54, 1.807) is 0 Å². The van der Waals surface area contributed by atoms with Crippen LogP contribution in [-0.2, 0) is 11.3 Å². The van der Waals surface area contributed by atoms with E-state index in [2.05, 4.69) is 77.6 Å². The van der Waals surface area contributed by atoms with Gasteiger partial charge in [-0.3, -0.25) is 0 Å². The average molecular weight is 334 g/mol. The summed E-state index contributed by atoms with van der Waals surface area (Å²) in [6.45, 7) is 6.48. The van der Waals surface area contributed by atoms with Crippen molar-refractivity contribution in [1.82, 2.24) is 15.0 Å². The fourth-order valence-electron chi connectivity index (χ4n) is 3.29. The summed E-state index contributed by atoms with van der Waals surface area (Å²) in [5.41, 5.74) is 5.73. The van der Waals surface area contributed by atoms with Crippen LogP contribution in [0.25, 0.3) is 0 Å². The minimum absolute atomic E-state index is 0.173. The molecule has 0 amide bonds. The number of aromatic nitrogens is 3. The molecule has 2 heterocycles. The van der Waals surface area contributed by atoms with Crippen LogP contribution in [0, 0.1) is 13.8 Å². The van der Waals surface area contributed by atoms with Gasteiger partial charge < -0.3 is 9.64 Å². The number of ether oxygens (including phenoxy) is 1. The van der Waals surface area contributed by atoms with Crippen molar-refractivity contribution in [1.29, 1.82) is 0 Å². The Balaban J connectivity index is 1.54. The molecule has 1 aliphatic heterocycles. The van der Waals surface area contributed by atoms with Gasteiger partial charge in [0.05, 0.1) is 19.3 Å². The van der Waals surface area contributed by atoms with Crippen molar-refractivity contribution < 1.29 is 4.74 Å². The molecule has 25 heavy (non-hydrogen) atoms. The zero-order valence-corrected chi connectivity index (χ0v) is 14.6. The lowest BCUT2D eigenvalue weighted by atomic mass is 10.1. The lowest BCUT2D eigenvalue weighted by Gasteiger charge is -2.23. The standard InChI is InChI=1S/C20H22N4O/c1-15-5-3-7-17(11-15)13-23-14-19(21-22-23)20-24(9-10-25-20)18-8-4-6-16(2)12-18/h3-8,11-12,14,20H,9-10,13H2,1-2H3/t20-/m0/s1. The van der Waals surface area contributed by atoms with Crippen LogP contribution in [-0.4, -0.2) is 28.1 Å². The SMILES string of the molecule is Cc1cccc(Cn2cc([C@@H]3OCCN3c3cccc(C)c3)nn2)c1. The fraction of sp³-hybridized carbons (Fsp3) is 0.300. The van der Waals surface area contributed by atoms with Gasteiger partial charge in [-0.1, -0.05) is 47.2 Å². The summed E-state index contributed by atoms with van der Waals surface area (Å²) in [6.07, 6.45) is 1.81. The van der Waals surface area contributed by atoms with Gasteiger partial charge in [-0.2, -0.15) is 0 Å². The van der Waals surface area contributed by atoms with E-state index in [0.717, 1.165) is 17.9 Å². The molecule has 0 radical (unpaired) electrons. The number of rotatable bonds is 4. The number of nitrogens with zero attached hydrogens (tertiary/aromatic N) is 4. The monoisotopic (exact) mass is 334 g/mol. The number of benzene rings is 2. The quantitative estimate of drug-likeness (QED) is 0.733. The van der Waals surface area contributed by atoms with Crippen molar-refractivity contribution >= 4 is 5.69 Å². The van der Waals surface area contributed by atoms with E-state index in [1.165, 1.54) is 16.7 Å². The molecule has 1 aliphatic rings. The summed E-state index contributed by atoms with van der Waals surface area (Å²) >= 11 is 0.